The van der Waals surface area contributed by atoms with Crippen LogP contribution in [-0.2, 0) is 4.79 Å². The number of aryl methyl sites for hydroxylation is 1. The Bertz CT molecular complexity index is 921. The van der Waals surface area contributed by atoms with Crippen LogP contribution in [0.4, 0.5) is 5.69 Å². The van der Waals surface area contributed by atoms with Gasteiger partial charge in [0.05, 0.1) is 10.6 Å². The largest absolute Gasteiger partial charge is 0.366 e. The molecular weight excluding hydrogens is 378 g/mol. The first-order chi connectivity index (χ1) is 13.4. The fourth-order valence-corrected chi connectivity index (χ4v) is 3.64. The maximum absolute atomic E-state index is 12.7. The van der Waals surface area contributed by atoms with E-state index in [1.54, 1.807) is 11.0 Å². The van der Waals surface area contributed by atoms with Crippen LogP contribution in [0.3, 0.4) is 0 Å². The smallest absolute Gasteiger partial charge is 0.254 e. The maximum Gasteiger partial charge on any atom is 0.254 e. The molecule has 0 bridgehead atoms. The molecule has 0 unspecified atom stereocenters. The minimum atomic E-state index is -0.617. The molecule has 0 radical (unpaired) electrons. The van der Waals surface area contributed by atoms with Crippen LogP contribution in [0.2, 0.25) is 5.02 Å². The zero-order valence-electron chi connectivity index (χ0n) is 15.6. The summed E-state index contributed by atoms with van der Waals surface area (Å²) in [6, 6.07) is 12.1. The molecule has 0 atom stereocenters. The van der Waals surface area contributed by atoms with Crippen molar-refractivity contribution in [1.82, 2.24) is 4.90 Å². The van der Waals surface area contributed by atoms with Gasteiger partial charge in [0.1, 0.15) is 0 Å². The van der Waals surface area contributed by atoms with E-state index in [9.17, 15) is 14.4 Å². The van der Waals surface area contributed by atoms with Crippen LogP contribution in [0.15, 0.2) is 42.5 Å². The zero-order valence-corrected chi connectivity index (χ0v) is 16.3. The third kappa shape index (κ3) is 4.34. The highest BCUT2D eigenvalue weighted by atomic mass is 35.5. The first-order valence-electron chi connectivity index (χ1n) is 9.12. The lowest BCUT2D eigenvalue weighted by Crippen LogP contribution is -2.41. The van der Waals surface area contributed by atoms with Crippen molar-refractivity contribution in [2.45, 2.75) is 19.8 Å². The van der Waals surface area contributed by atoms with Crippen molar-refractivity contribution in [3.63, 3.8) is 0 Å². The summed E-state index contributed by atoms with van der Waals surface area (Å²) < 4.78 is 0. The van der Waals surface area contributed by atoms with E-state index in [4.69, 9.17) is 17.3 Å². The summed E-state index contributed by atoms with van der Waals surface area (Å²) in [4.78, 5) is 38.3. The van der Waals surface area contributed by atoms with E-state index in [0.29, 0.717) is 37.2 Å². The summed E-state index contributed by atoms with van der Waals surface area (Å²) in [6.07, 6.45) is 1.19. The summed E-state index contributed by atoms with van der Waals surface area (Å²) in [6.45, 7) is 2.99. The SMILES string of the molecule is Cc1ccccc1C(=O)N1CCC(C(=O)Nc2ccc(C(N)=O)c(Cl)c2)CC1. The van der Waals surface area contributed by atoms with Crippen molar-refractivity contribution in [3.8, 4) is 0 Å². The number of nitrogens with zero attached hydrogens (tertiary/aromatic N) is 1. The molecule has 3 N–H and O–H groups in total. The molecule has 1 aliphatic heterocycles. The van der Waals surface area contributed by atoms with E-state index in [-0.39, 0.29) is 28.3 Å². The van der Waals surface area contributed by atoms with Gasteiger partial charge in [0, 0.05) is 30.3 Å². The van der Waals surface area contributed by atoms with E-state index in [2.05, 4.69) is 5.32 Å². The van der Waals surface area contributed by atoms with E-state index in [1.807, 2.05) is 31.2 Å². The maximum atomic E-state index is 12.7. The summed E-state index contributed by atoms with van der Waals surface area (Å²) >= 11 is 6.02. The molecule has 3 amide bonds. The number of rotatable bonds is 4. The standard InChI is InChI=1S/C21H22ClN3O3/c1-13-4-2-3-5-16(13)21(28)25-10-8-14(9-11-25)20(27)24-15-6-7-17(19(23)26)18(22)12-15/h2-7,12,14H,8-11H2,1H3,(H2,23,26)(H,24,27). The molecule has 0 aliphatic carbocycles. The molecule has 7 heteroatoms. The summed E-state index contributed by atoms with van der Waals surface area (Å²) in [5, 5.41) is 3.02. The Hall–Kier alpha value is -2.86. The van der Waals surface area contributed by atoms with Crippen molar-refractivity contribution in [2.75, 3.05) is 18.4 Å². The lowest BCUT2D eigenvalue weighted by atomic mass is 9.95. The third-order valence-corrected chi connectivity index (χ3v) is 5.34. The quantitative estimate of drug-likeness (QED) is 0.826. The number of amides is 3. The molecule has 0 spiro atoms. The van der Waals surface area contributed by atoms with Crippen LogP contribution >= 0.6 is 11.6 Å². The number of piperidine rings is 1. The van der Waals surface area contributed by atoms with E-state index < -0.39 is 5.91 Å². The van der Waals surface area contributed by atoms with Crippen molar-refractivity contribution in [2.24, 2.45) is 11.7 Å². The lowest BCUT2D eigenvalue weighted by Gasteiger charge is -2.31. The number of anilines is 1. The van der Waals surface area contributed by atoms with Gasteiger partial charge in [0.2, 0.25) is 11.8 Å². The van der Waals surface area contributed by atoms with Crippen LogP contribution in [0.5, 0.6) is 0 Å². The van der Waals surface area contributed by atoms with Gasteiger partial charge in [-0.15, -0.1) is 0 Å². The van der Waals surface area contributed by atoms with Crippen molar-refractivity contribution in [1.29, 1.82) is 0 Å². The van der Waals surface area contributed by atoms with Crippen molar-refractivity contribution < 1.29 is 14.4 Å². The number of hydrogen-bond acceptors (Lipinski definition) is 3. The van der Waals surface area contributed by atoms with E-state index in [1.165, 1.54) is 12.1 Å². The fraction of sp³-hybridized carbons (Fsp3) is 0.286. The van der Waals surface area contributed by atoms with Gasteiger partial charge in [-0.2, -0.15) is 0 Å². The Morgan fingerprint density at radius 1 is 1.07 bits per heavy atom. The Morgan fingerprint density at radius 2 is 1.75 bits per heavy atom. The van der Waals surface area contributed by atoms with Crippen molar-refractivity contribution >= 4 is 35.0 Å². The molecule has 3 rings (SSSR count). The van der Waals surface area contributed by atoms with Gasteiger partial charge in [-0.1, -0.05) is 29.8 Å². The molecule has 1 saturated heterocycles. The molecule has 2 aromatic carbocycles. The van der Waals surface area contributed by atoms with Crippen LogP contribution in [0.25, 0.3) is 0 Å². The second-order valence-electron chi connectivity index (χ2n) is 6.93. The third-order valence-electron chi connectivity index (χ3n) is 5.03. The number of halogens is 1. The highest BCUT2D eigenvalue weighted by molar-refractivity contribution is 6.34. The monoisotopic (exact) mass is 399 g/mol. The number of carbonyl (C=O) groups is 3. The predicted molar refractivity (Wildman–Crippen MR) is 108 cm³/mol. The summed E-state index contributed by atoms with van der Waals surface area (Å²) in [5.74, 6) is -0.916. The number of primary amides is 1. The molecule has 6 nitrogen and oxygen atoms in total. The molecule has 2 aromatic rings. The molecule has 0 saturated carbocycles. The zero-order chi connectivity index (χ0) is 20.3. The summed E-state index contributed by atoms with van der Waals surface area (Å²) in [5.41, 5.74) is 7.60. The molecule has 1 fully saturated rings. The Kier molecular flexibility index (Phi) is 5.99. The van der Waals surface area contributed by atoms with E-state index in [0.717, 1.165) is 5.56 Å². The van der Waals surface area contributed by atoms with Gasteiger partial charge in [0.15, 0.2) is 0 Å². The first-order valence-corrected chi connectivity index (χ1v) is 9.49. The van der Waals surface area contributed by atoms with Crippen LogP contribution in [0, 0.1) is 12.8 Å². The molecule has 146 valence electrons. The lowest BCUT2D eigenvalue weighted by molar-refractivity contribution is -0.121. The molecule has 1 heterocycles. The topological polar surface area (TPSA) is 92.5 Å². The van der Waals surface area contributed by atoms with Gasteiger partial charge in [0.25, 0.3) is 5.91 Å². The van der Waals surface area contributed by atoms with Gasteiger partial charge in [-0.3, -0.25) is 14.4 Å². The Labute approximate surface area is 168 Å². The first kappa shape index (κ1) is 19.9. The number of likely N-dealkylation sites (tertiary alicyclic amines) is 1. The van der Waals surface area contributed by atoms with Gasteiger partial charge in [-0.25, -0.2) is 0 Å². The minimum Gasteiger partial charge on any atom is -0.366 e. The molecule has 0 aromatic heterocycles. The Balaban J connectivity index is 1.58. The average Bonchev–Trinajstić information content (AvgIpc) is 2.67. The predicted octanol–water partition coefficient (Wildman–Crippen LogP) is 3.24. The van der Waals surface area contributed by atoms with Crippen LogP contribution < -0.4 is 11.1 Å². The molecule has 1 aliphatic rings. The van der Waals surface area contributed by atoms with E-state index >= 15 is 0 Å². The number of hydrogen-bond donors (Lipinski definition) is 2. The Morgan fingerprint density at radius 3 is 2.36 bits per heavy atom. The highest BCUT2D eigenvalue weighted by Crippen LogP contribution is 2.24. The molecular formula is C21H22ClN3O3. The van der Waals surface area contributed by atoms with Crippen LogP contribution in [-0.4, -0.2) is 35.7 Å². The number of benzene rings is 2. The second kappa shape index (κ2) is 8.44. The highest BCUT2D eigenvalue weighted by Gasteiger charge is 2.28. The van der Waals surface area contributed by atoms with Gasteiger partial charge >= 0.3 is 0 Å². The number of nitrogens with two attached hydrogens (primary N) is 1. The summed E-state index contributed by atoms with van der Waals surface area (Å²) in [7, 11) is 0. The van der Waals surface area contributed by atoms with Gasteiger partial charge < -0.3 is 16.0 Å². The van der Waals surface area contributed by atoms with Crippen LogP contribution in [0.1, 0.15) is 39.1 Å². The molecule has 28 heavy (non-hydrogen) atoms. The fourth-order valence-electron chi connectivity index (χ4n) is 3.36. The normalized spacial score (nSPS) is 14.6. The minimum absolute atomic E-state index is 0.00535. The second-order valence-corrected chi connectivity index (χ2v) is 7.34. The van der Waals surface area contributed by atoms with Gasteiger partial charge in [-0.05, 0) is 49.6 Å². The number of nitrogens with one attached hydrogen (secondary N) is 1. The van der Waals surface area contributed by atoms with Crippen molar-refractivity contribution in [3.05, 3.63) is 64.2 Å². The number of carbonyl (C=O) groups excluding carboxylic acids is 3. The average molecular weight is 400 g/mol.